The van der Waals surface area contributed by atoms with Crippen LogP contribution in [0.3, 0.4) is 0 Å². The van der Waals surface area contributed by atoms with Crippen LogP contribution >= 0.6 is 0 Å². The highest BCUT2D eigenvalue weighted by Crippen LogP contribution is 2.42. The molecule has 11 nitrogen and oxygen atoms in total. The summed E-state index contributed by atoms with van der Waals surface area (Å²) in [6.45, 7) is 4.95. The highest BCUT2D eigenvalue weighted by atomic mass is 16.8. The van der Waals surface area contributed by atoms with Gasteiger partial charge < -0.3 is 48.9 Å². The van der Waals surface area contributed by atoms with Crippen LogP contribution in [0.2, 0.25) is 0 Å². The molecule has 5 atom stereocenters. The molecule has 0 amide bonds. The van der Waals surface area contributed by atoms with Gasteiger partial charge in [-0.25, -0.2) is 0 Å². The molecule has 0 aliphatic carbocycles. The molecule has 2 saturated heterocycles. The Kier molecular flexibility index (Phi) is 5.33. The molecular formula is C24H24O11. The number of phenolic OH excluding ortho intramolecular Hbond substituents is 4. The van der Waals surface area contributed by atoms with E-state index >= 15 is 0 Å². The summed E-state index contributed by atoms with van der Waals surface area (Å²) in [7, 11) is 0. The summed E-state index contributed by atoms with van der Waals surface area (Å²) in [5, 5.41) is 50.2. The summed E-state index contributed by atoms with van der Waals surface area (Å²) in [6.07, 6.45) is -4.70. The number of ether oxygens (including phenoxy) is 4. The van der Waals surface area contributed by atoms with E-state index in [4.69, 9.17) is 23.4 Å². The van der Waals surface area contributed by atoms with E-state index in [9.17, 15) is 30.3 Å². The highest BCUT2D eigenvalue weighted by molar-refractivity contribution is 5.88. The lowest BCUT2D eigenvalue weighted by Crippen LogP contribution is -2.57. The fraction of sp³-hybridized carbons (Fsp3) is 0.375. The van der Waals surface area contributed by atoms with Gasteiger partial charge in [-0.15, -0.1) is 0 Å². The first kappa shape index (κ1) is 23.2. The monoisotopic (exact) mass is 488 g/mol. The van der Waals surface area contributed by atoms with Crippen LogP contribution in [0, 0.1) is 0 Å². The largest absolute Gasteiger partial charge is 0.508 e. The number of hydrogen-bond acceptors (Lipinski definition) is 11. The van der Waals surface area contributed by atoms with E-state index in [0.717, 1.165) is 18.2 Å². The zero-order valence-electron chi connectivity index (χ0n) is 19.0. The molecule has 3 aromatic rings. The zero-order chi connectivity index (χ0) is 25.2. The van der Waals surface area contributed by atoms with Crippen molar-refractivity contribution in [3.8, 4) is 40.1 Å². The first-order valence-corrected chi connectivity index (χ1v) is 10.9. The van der Waals surface area contributed by atoms with Crippen molar-refractivity contribution >= 4 is 11.0 Å². The van der Waals surface area contributed by atoms with Crippen LogP contribution in [0.25, 0.3) is 22.3 Å². The van der Waals surface area contributed by atoms with Crippen molar-refractivity contribution in [2.75, 3.05) is 0 Å². The molecule has 2 fully saturated rings. The molecule has 2 aliphatic rings. The number of aliphatic hydroxyl groups is 1. The Morgan fingerprint density at radius 3 is 2.37 bits per heavy atom. The van der Waals surface area contributed by atoms with E-state index in [1.165, 1.54) is 12.1 Å². The van der Waals surface area contributed by atoms with Gasteiger partial charge in [-0.3, -0.25) is 4.79 Å². The minimum Gasteiger partial charge on any atom is -0.508 e. The lowest BCUT2D eigenvalue weighted by Gasteiger charge is -2.38. The minimum atomic E-state index is -1.22. The van der Waals surface area contributed by atoms with Gasteiger partial charge in [0.05, 0.1) is 6.10 Å². The van der Waals surface area contributed by atoms with Crippen LogP contribution in [0.4, 0.5) is 0 Å². The summed E-state index contributed by atoms with van der Waals surface area (Å²) in [6, 6.07) is 5.86. The molecule has 0 spiro atoms. The first-order chi connectivity index (χ1) is 16.4. The highest BCUT2D eigenvalue weighted by Gasteiger charge is 2.55. The maximum absolute atomic E-state index is 13.5. The second-order valence-corrected chi connectivity index (χ2v) is 9.01. The number of hydrogen-bond donors (Lipinski definition) is 5. The Morgan fingerprint density at radius 1 is 0.943 bits per heavy atom. The van der Waals surface area contributed by atoms with Gasteiger partial charge in [0.1, 0.15) is 34.7 Å². The second kappa shape index (κ2) is 8.02. The Balaban J connectivity index is 1.68. The topological polar surface area (TPSA) is 168 Å². The molecule has 186 valence electrons. The van der Waals surface area contributed by atoms with Crippen LogP contribution < -0.4 is 10.2 Å². The molecule has 0 unspecified atom stereocenters. The summed E-state index contributed by atoms with van der Waals surface area (Å²) in [4.78, 5) is 13.5. The predicted octanol–water partition coefficient (Wildman–Crippen LogP) is 2.29. The van der Waals surface area contributed by atoms with Crippen molar-refractivity contribution in [2.45, 2.75) is 57.3 Å². The lowest BCUT2D eigenvalue weighted by atomic mass is 10.00. The zero-order valence-corrected chi connectivity index (χ0v) is 19.0. The maximum atomic E-state index is 13.5. The number of rotatable bonds is 3. The molecule has 5 rings (SSSR count). The number of aliphatic hydroxyl groups excluding tert-OH is 1. The molecule has 5 N–H and O–H groups in total. The number of fused-ring (bicyclic) bond motifs is 2. The van der Waals surface area contributed by atoms with Gasteiger partial charge in [0.25, 0.3) is 0 Å². The summed E-state index contributed by atoms with van der Waals surface area (Å²) >= 11 is 0. The minimum absolute atomic E-state index is 0.143. The van der Waals surface area contributed by atoms with Gasteiger partial charge in [-0.1, -0.05) is 0 Å². The smallest absolute Gasteiger partial charge is 0.239 e. The van der Waals surface area contributed by atoms with Gasteiger partial charge in [-0.2, -0.15) is 0 Å². The molecule has 2 aromatic carbocycles. The van der Waals surface area contributed by atoms with Crippen molar-refractivity contribution in [3.63, 3.8) is 0 Å². The normalized spacial score (nSPS) is 27.6. The van der Waals surface area contributed by atoms with Crippen LogP contribution in [-0.2, 0) is 14.2 Å². The molecule has 11 heteroatoms. The average Bonchev–Trinajstić information content (AvgIpc) is 3.10. The van der Waals surface area contributed by atoms with Gasteiger partial charge in [0.15, 0.2) is 29.2 Å². The van der Waals surface area contributed by atoms with E-state index < -0.39 is 59.2 Å². The van der Waals surface area contributed by atoms with Crippen molar-refractivity contribution in [3.05, 3.63) is 40.6 Å². The Labute approximate surface area is 198 Å². The number of aromatic hydroxyl groups is 4. The molecular weight excluding hydrogens is 464 g/mol. The first-order valence-electron chi connectivity index (χ1n) is 10.9. The number of phenols is 4. The van der Waals surface area contributed by atoms with E-state index in [1.54, 1.807) is 20.8 Å². The van der Waals surface area contributed by atoms with E-state index in [1.807, 2.05) is 0 Å². The second-order valence-electron chi connectivity index (χ2n) is 9.01. The van der Waals surface area contributed by atoms with Gasteiger partial charge in [0.2, 0.25) is 17.5 Å². The standard InChI is InChI=1S/C24H24O11/c1-9-17(29)21-22(35-24(2,3)34-21)23(31-9)33-20-18(30)16-14(28)7-11(25)8-15(16)32-19(20)10-4-5-12(26)13(27)6-10/h4-9,17,21-23,25-29H,1-3H3/t9-,17-,21+,22+,23+/m0/s1. The maximum Gasteiger partial charge on any atom is 0.239 e. The van der Waals surface area contributed by atoms with Gasteiger partial charge >= 0.3 is 0 Å². The van der Waals surface area contributed by atoms with Crippen LogP contribution in [0.1, 0.15) is 20.8 Å². The third-order valence-corrected chi connectivity index (χ3v) is 5.99. The lowest BCUT2D eigenvalue weighted by molar-refractivity contribution is -0.241. The summed E-state index contributed by atoms with van der Waals surface area (Å²) in [5.74, 6) is -3.35. The number of benzene rings is 2. The summed E-state index contributed by atoms with van der Waals surface area (Å²) in [5.41, 5.74) is -0.778. The SMILES string of the molecule is C[C@@H]1O[C@H](Oc2c(-c3ccc(O)c(O)c3)oc3cc(O)cc(O)c3c2=O)[C@@H]2OC(C)(C)O[C@@H]2[C@H]1O. The molecule has 3 heterocycles. The quantitative estimate of drug-likeness (QED) is 0.343. The van der Waals surface area contributed by atoms with Crippen LogP contribution in [0.5, 0.6) is 28.7 Å². The Morgan fingerprint density at radius 2 is 1.66 bits per heavy atom. The Bertz CT molecular complexity index is 1360. The van der Waals surface area contributed by atoms with Crippen molar-refractivity contribution in [1.82, 2.24) is 0 Å². The third kappa shape index (κ3) is 3.92. The predicted molar refractivity (Wildman–Crippen MR) is 119 cm³/mol. The molecule has 1 aromatic heterocycles. The van der Waals surface area contributed by atoms with E-state index in [0.29, 0.717) is 0 Å². The van der Waals surface area contributed by atoms with E-state index in [2.05, 4.69) is 0 Å². The molecule has 0 bridgehead atoms. The molecule has 2 aliphatic heterocycles. The molecule has 0 saturated carbocycles. The van der Waals surface area contributed by atoms with Gasteiger partial charge in [-0.05, 0) is 39.0 Å². The van der Waals surface area contributed by atoms with Crippen molar-refractivity contribution < 1.29 is 48.9 Å². The average molecular weight is 488 g/mol. The molecule has 0 radical (unpaired) electrons. The van der Waals surface area contributed by atoms with Gasteiger partial charge in [0, 0.05) is 17.7 Å². The molecule has 35 heavy (non-hydrogen) atoms. The van der Waals surface area contributed by atoms with Crippen LogP contribution in [0.15, 0.2) is 39.5 Å². The van der Waals surface area contributed by atoms with Crippen molar-refractivity contribution in [1.29, 1.82) is 0 Å². The third-order valence-electron chi connectivity index (χ3n) is 5.99. The fourth-order valence-corrected chi connectivity index (χ4v) is 4.37. The Hall–Kier alpha value is -3.51. The fourth-order valence-electron chi connectivity index (χ4n) is 4.37. The summed E-state index contributed by atoms with van der Waals surface area (Å²) < 4.78 is 29.4. The van der Waals surface area contributed by atoms with E-state index in [-0.39, 0.29) is 33.8 Å². The van der Waals surface area contributed by atoms with Crippen LogP contribution in [-0.4, -0.2) is 62.0 Å². The van der Waals surface area contributed by atoms with Crippen molar-refractivity contribution in [2.24, 2.45) is 0 Å².